The average molecular weight is 463 g/mol. The van der Waals surface area contributed by atoms with Crippen molar-refractivity contribution in [3.8, 4) is 0 Å². The normalized spacial score (nSPS) is 14.3. The van der Waals surface area contributed by atoms with Gasteiger partial charge in [-0.25, -0.2) is 4.98 Å². The number of aromatic nitrogens is 3. The molecule has 0 fully saturated rings. The van der Waals surface area contributed by atoms with Crippen molar-refractivity contribution >= 4 is 39.9 Å². The Morgan fingerprint density at radius 1 is 1.22 bits per heavy atom. The number of amides is 1. The SMILES string of the molecule is CC(Sc1nc2ccccc2c(=O)n1Cc1cccnc1)C(=O)N1CCc2sccc2C1. The number of fused-ring (bicyclic) bond motifs is 2. The highest BCUT2D eigenvalue weighted by Gasteiger charge is 2.27. The Morgan fingerprint density at radius 2 is 2.09 bits per heavy atom. The largest absolute Gasteiger partial charge is 0.337 e. The molecule has 4 aromatic rings. The second kappa shape index (κ2) is 8.88. The van der Waals surface area contributed by atoms with E-state index in [1.54, 1.807) is 34.4 Å². The number of thiophene rings is 1. The summed E-state index contributed by atoms with van der Waals surface area (Å²) in [6.45, 7) is 3.63. The molecule has 5 rings (SSSR count). The van der Waals surface area contributed by atoms with Crippen LogP contribution in [0.4, 0.5) is 0 Å². The number of thioether (sulfide) groups is 1. The Hall–Kier alpha value is -2.97. The number of rotatable bonds is 5. The van der Waals surface area contributed by atoms with Crippen molar-refractivity contribution in [2.75, 3.05) is 6.54 Å². The summed E-state index contributed by atoms with van der Waals surface area (Å²) in [7, 11) is 0. The minimum atomic E-state index is -0.358. The molecule has 0 N–H and O–H groups in total. The summed E-state index contributed by atoms with van der Waals surface area (Å²) in [4.78, 5) is 38.8. The Bertz CT molecular complexity index is 1330. The van der Waals surface area contributed by atoms with Gasteiger partial charge in [0.05, 0.1) is 22.7 Å². The highest BCUT2D eigenvalue weighted by molar-refractivity contribution is 8.00. The standard InChI is InChI=1S/C24H22N4O2S2/c1-16(22(29)27-11-8-21-18(15-27)9-12-31-21)32-24-26-20-7-3-2-6-19(20)23(30)28(24)14-17-5-4-10-25-13-17/h2-7,9-10,12-13,16H,8,11,14-15H2,1H3. The second-order valence-corrected chi connectivity index (χ2v) is 10.1. The van der Waals surface area contributed by atoms with Gasteiger partial charge in [0.25, 0.3) is 5.56 Å². The maximum Gasteiger partial charge on any atom is 0.262 e. The molecule has 1 atom stereocenters. The molecule has 0 radical (unpaired) electrons. The molecule has 4 heterocycles. The minimum Gasteiger partial charge on any atom is -0.337 e. The van der Waals surface area contributed by atoms with Gasteiger partial charge in [0.2, 0.25) is 5.91 Å². The van der Waals surface area contributed by atoms with Crippen LogP contribution < -0.4 is 5.56 Å². The van der Waals surface area contributed by atoms with E-state index >= 15 is 0 Å². The molecule has 1 aliphatic rings. The minimum absolute atomic E-state index is 0.0715. The molecule has 1 aromatic carbocycles. The molecule has 0 saturated heterocycles. The summed E-state index contributed by atoms with van der Waals surface area (Å²) in [5.41, 5.74) is 2.68. The van der Waals surface area contributed by atoms with Crippen LogP contribution in [0.15, 0.2) is 70.2 Å². The fourth-order valence-electron chi connectivity index (χ4n) is 3.95. The number of hydrogen-bond acceptors (Lipinski definition) is 6. The van der Waals surface area contributed by atoms with Crippen LogP contribution >= 0.6 is 23.1 Å². The molecule has 0 bridgehead atoms. The van der Waals surface area contributed by atoms with Gasteiger partial charge in [0.15, 0.2) is 5.16 Å². The molecule has 0 saturated carbocycles. The van der Waals surface area contributed by atoms with Gasteiger partial charge in [-0.1, -0.05) is 30.0 Å². The Labute approximate surface area is 193 Å². The van der Waals surface area contributed by atoms with E-state index in [-0.39, 0.29) is 16.7 Å². The van der Waals surface area contributed by atoms with Crippen LogP contribution in [0.3, 0.4) is 0 Å². The van der Waals surface area contributed by atoms with Crippen molar-refractivity contribution in [3.63, 3.8) is 0 Å². The number of carbonyl (C=O) groups excluding carboxylic acids is 1. The Balaban J connectivity index is 1.45. The van der Waals surface area contributed by atoms with Gasteiger partial charge in [-0.3, -0.25) is 19.1 Å². The van der Waals surface area contributed by atoms with Crippen molar-refractivity contribution in [3.05, 3.63) is 86.6 Å². The van der Waals surface area contributed by atoms with Gasteiger partial charge in [0.1, 0.15) is 0 Å². The predicted octanol–water partition coefficient (Wildman–Crippen LogP) is 3.97. The number of carbonyl (C=O) groups is 1. The fraction of sp³-hybridized carbons (Fsp3) is 0.250. The topological polar surface area (TPSA) is 68.1 Å². The zero-order chi connectivity index (χ0) is 22.1. The highest BCUT2D eigenvalue weighted by Crippen LogP contribution is 2.28. The van der Waals surface area contributed by atoms with E-state index in [1.807, 2.05) is 42.2 Å². The first-order valence-electron chi connectivity index (χ1n) is 10.5. The molecule has 6 nitrogen and oxygen atoms in total. The van der Waals surface area contributed by atoms with E-state index in [1.165, 1.54) is 22.2 Å². The first-order chi connectivity index (χ1) is 15.6. The predicted molar refractivity (Wildman–Crippen MR) is 128 cm³/mol. The third kappa shape index (κ3) is 4.08. The maximum atomic E-state index is 13.3. The molecule has 1 aliphatic heterocycles. The van der Waals surface area contributed by atoms with Crippen LogP contribution in [-0.2, 0) is 24.3 Å². The Morgan fingerprint density at radius 3 is 2.94 bits per heavy atom. The van der Waals surface area contributed by atoms with Crippen LogP contribution in [0.1, 0.15) is 22.9 Å². The van der Waals surface area contributed by atoms with Gasteiger partial charge < -0.3 is 4.90 Å². The van der Waals surface area contributed by atoms with Crippen LogP contribution in [0, 0.1) is 0 Å². The monoisotopic (exact) mass is 462 g/mol. The Kier molecular flexibility index (Phi) is 5.80. The zero-order valence-corrected chi connectivity index (χ0v) is 19.2. The van der Waals surface area contributed by atoms with Crippen molar-refractivity contribution in [2.24, 2.45) is 0 Å². The molecule has 8 heteroatoms. The van der Waals surface area contributed by atoms with E-state index in [0.29, 0.717) is 29.1 Å². The van der Waals surface area contributed by atoms with E-state index in [9.17, 15) is 9.59 Å². The van der Waals surface area contributed by atoms with Gasteiger partial charge in [-0.05, 0) is 54.1 Å². The lowest BCUT2D eigenvalue weighted by Crippen LogP contribution is -2.40. The molecular weight excluding hydrogens is 440 g/mol. The van der Waals surface area contributed by atoms with E-state index in [4.69, 9.17) is 4.98 Å². The molecule has 0 spiro atoms. The van der Waals surface area contributed by atoms with Gasteiger partial charge in [-0.15, -0.1) is 11.3 Å². The lowest BCUT2D eigenvalue weighted by Gasteiger charge is -2.29. The summed E-state index contributed by atoms with van der Waals surface area (Å²) >= 11 is 3.11. The molecule has 32 heavy (non-hydrogen) atoms. The van der Waals surface area contributed by atoms with Crippen LogP contribution in [-0.4, -0.2) is 37.1 Å². The van der Waals surface area contributed by atoms with Gasteiger partial charge in [-0.2, -0.15) is 0 Å². The second-order valence-electron chi connectivity index (χ2n) is 7.80. The van der Waals surface area contributed by atoms with Gasteiger partial charge >= 0.3 is 0 Å². The summed E-state index contributed by atoms with van der Waals surface area (Å²) < 4.78 is 1.65. The van der Waals surface area contributed by atoms with Crippen molar-refractivity contribution in [1.29, 1.82) is 0 Å². The number of nitrogens with zero attached hydrogens (tertiary/aromatic N) is 4. The maximum absolute atomic E-state index is 13.3. The summed E-state index contributed by atoms with van der Waals surface area (Å²) in [5, 5.41) is 2.85. The third-order valence-corrected chi connectivity index (χ3v) is 7.74. The van der Waals surface area contributed by atoms with Crippen LogP contribution in [0.25, 0.3) is 10.9 Å². The summed E-state index contributed by atoms with van der Waals surface area (Å²) in [6, 6.07) is 13.2. The third-order valence-electron chi connectivity index (χ3n) is 5.64. The molecule has 3 aromatic heterocycles. The quantitative estimate of drug-likeness (QED) is 0.332. The van der Waals surface area contributed by atoms with Crippen molar-refractivity contribution in [1.82, 2.24) is 19.4 Å². The summed E-state index contributed by atoms with van der Waals surface area (Å²) in [5.74, 6) is 0.0715. The summed E-state index contributed by atoms with van der Waals surface area (Å²) in [6.07, 6.45) is 4.35. The number of pyridine rings is 1. The zero-order valence-electron chi connectivity index (χ0n) is 17.6. The lowest BCUT2D eigenvalue weighted by molar-refractivity contribution is -0.131. The van der Waals surface area contributed by atoms with Crippen LogP contribution in [0.2, 0.25) is 0 Å². The van der Waals surface area contributed by atoms with Gasteiger partial charge in [0, 0.05) is 30.4 Å². The highest BCUT2D eigenvalue weighted by atomic mass is 32.2. The first-order valence-corrected chi connectivity index (χ1v) is 12.3. The smallest absolute Gasteiger partial charge is 0.262 e. The molecule has 0 aliphatic carbocycles. The van der Waals surface area contributed by atoms with E-state index in [2.05, 4.69) is 16.4 Å². The van der Waals surface area contributed by atoms with Crippen molar-refractivity contribution < 1.29 is 4.79 Å². The molecule has 162 valence electrons. The van der Waals surface area contributed by atoms with Crippen molar-refractivity contribution in [2.45, 2.75) is 36.8 Å². The van der Waals surface area contributed by atoms with Crippen LogP contribution in [0.5, 0.6) is 0 Å². The van der Waals surface area contributed by atoms with E-state index < -0.39 is 0 Å². The van der Waals surface area contributed by atoms with E-state index in [0.717, 1.165) is 18.5 Å². The molecular formula is C24H22N4O2S2. The number of benzene rings is 1. The average Bonchev–Trinajstić information content (AvgIpc) is 3.30. The fourth-order valence-corrected chi connectivity index (χ4v) is 5.84. The number of para-hydroxylation sites is 1. The molecule has 1 unspecified atom stereocenters. The molecule has 1 amide bonds. The number of hydrogen-bond donors (Lipinski definition) is 0. The lowest BCUT2D eigenvalue weighted by atomic mass is 10.1. The first kappa shape index (κ1) is 20.9.